The lowest BCUT2D eigenvalue weighted by Crippen LogP contribution is -2.29. The molecule has 1 saturated heterocycles. The molecule has 0 aliphatic carbocycles. The number of piperidine rings is 1. The molecule has 0 amide bonds. The number of ether oxygens (including phenoxy) is 1. The van der Waals surface area contributed by atoms with Crippen LogP contribution in [0.2, 0.25) is 0 Å². The first-order chi connectivity index (χ1) is 14.4. The number of pyridine rings is 1. The molecule has 1 aromatic carbocycles. The van der Waals surface area contributed by atoms with Gasteiger partial charge in [0.1, 0.15) is 11.9 Å². The van der Waals surface area contributed by atoms with E-state index in [0.29, 0.717) is 6.04 Å². The van der Waals surface area contributed by atoms with Gasteiger partial charge in [0.25, 0.3) is 0 Å². The van der Waals surface area contributed by atoms with E-state index in [1.165, 1.54) is 0 Å². The standard InChI is InChI=1S/C21H24FN5O3/c1-12(19-17(28)3-2-16(22)20(19)29)30-18-8-13(9-25-21(18)23)14-10-26-27(11-14)15-4-6-24-7-5-15/h2-3,8-12,15,24,28-29H,4-7H2,1H3,(H2,23,25)/t12-/m1/s1. The summed E-state index contributed by atoms with van der Waals surface area (Å²) in [6.07, 6.45) is 6.56. The molecule has 3 heterocycles. The van der Waals surface area contributed by atoms with Crippen LogP contribution in [-0.2, 0) is 0 Å². The van der Waals surface area contributed by atoms with Crippen molar-refractivity contribution in [1.29, 1.82) is 0 Å². The molecule has 1 aliphatic rings. The Hall–Kier alpha value is -3.33. The topological polar surface area (TPSA) is 118 Å². The van der Waals surface area contributed by atoms with Crippen molar-refractivity contribution < 1.29 is 19.3 Å². The van der Waals surface area contributed by atoms with Crippen LogP contribution in [0.4, 0.5) is 10.2 Å². The monoisotopic (exact) mass is 413 g/mol. The van der Waals surface area contributed by atoms with E-state index in [1.54, 1.807) is 25.4 Å². The van der Waals surface area contributed by atoms with Crippen molar-refractivity contribution in [2.45, 2.75) is 31.9 Å². The number of aromatic hydroxyl groups is 2. The molecular formula is C21H24FN5O3. The first-order valence-electron chi connectivity index (χ1n) is 9.81. The molecule has 8 nitrogen and oxygen atoms in total. The summed E-state index contributed by atoms with van der Waals surface area (Å²) < 4.78 is 21.5. The summed E-state index contributed by atoms with van der Waals surface area (Å²) in [5, 5.41) is 27.8. The first kappa shape index (κ1) is 20.0. The summed E-state index contributed by atoms with van der Waals surface area (Å²) in [7, 11) is 0. The van der Waals surface area contributed by atoms with Crippen LogP contribution in [0.1, 0.15) is 37.5 Å². The SMILES string of the molecule is C[C@@H](Oc1cc(-c2cnn(C3CCNCC3)c2)cnc1N)c1c(O)ccc(F)c1O. The number of hydrogen-bond donors (Lipinski definition) is 4. The number of phenols is 2. The van der Waals surface area contributed by atoms with E-state index >= 15 is 0 Å². The molecule has 0 unspecified atom stereocenters. The Morgan fingerprint density at radius 1 is 1.23 bits per heavy atom. The minimum Gasteiger partial charge on any atom is -0.507 e. The Kier molecular flexibility index (Phi) is 5.45. The fourth-order valence-electron chi connectivity index (χ4n) is 3.69. The smallest absolute Gasteiger partial charge is 0.166 e. The normalized spacial score (nSPS) is 15.8. The zero-order valence-corrected chi connectivity index (χ0v) is 16.5. The van der Waals surface area contributed by atoms with Crippen molar-refractivity contribution in [1.82, 2.24) is 20.1 Å². The van der Waals surface area contributed by atoms with Gasteiger partial charge in [0.05, 0.1) is 17.8 Å². The van der Waals surface area contributed by atoms with Crippen molar-refractivity contribution in [2.75, 3.05) is 18.8 Å². The largest absolute Gasteiger partial charge is 0.507 e. The maximum atomic E-state index is 13.7. The van der Waals surface area contributed by atoms with E-state index in [9.17, 15) is 14.6 Å². The summed E-state index contributed by atoms with van der Waals surface area (Å²) in [4.78, 5) is 4.19. The maximum absolute atomic E-state index is 13.7. The molecule has 1 fully saturated rings. The molecule has 3 aromatic rings. The van der Waals surface area contributed by atoms with Gasteiger partial charge in [-0.15, -0.1) is 0 Å². The van der Waals surface area contributed by atoms with Crippen LogP contribution in [0.15, 0.2) is 36.8 Å². The minimum absolute atomic E-state index is 0.0569. The van der Waals surface area contributed by atoms with Crippen molar-refractivity contribution in [3.8, 4) is 28.4 Å². The van der Waals surface area contributed by atoms with Gasteiger partial charge in [-0.25, -0.2) is 9.37 Å². The number of phenolic OH excluding ortho intramolecular Hbond substituents is 2. The molecule has 158 valence electrons. The van der Waals surface area contributed by atoms with Gasteiger partial charge in [-0.05, 0) is 51.1 Å². The van der Waals surface area contributed by atoms with E-state index in [1.807, 2.05) is 10.9 Å². The molecule has 9 heteroatoms. The molecule has 1 atom stereocenters. The fraction of sp³-hybridized carbons (Fsp3) is 0.333. The minimum atomic E-state index is -0.863. The molecule has 5 N–H and O–H groups in total. The number of aromatic nitrogens is 3. The summed E-state index contributed by atoms with van der Waals surface area (Å²) in [6, 6.07) is 4.22. The van der Waals surface area contributed by atoms with E-state index in [-0.39, 0.29) is 22.9 Å². The number of halogens is 1. The Balaban J connectivity index is 1.58. The van der Waals surface area contributed by atoms with E-state index in [4.69, 9.17) is 10.5 Å². The summed E-state index contributed by atoms with van der Waals surface area (Å²) in [6.45, 7) is 3.52. The van der Waals surface area contributed by atoms with E-state index in [2.05, 4.69) is 15.4 Å². The Labute approximate surface area is 173 Å². The number of anilines is 1. The second-order valence-corrected chi connectivity index (χ2v) is 7.39. The number of nitrogens with two attached hydrogens (primary N) is 1. The van der Waals surface area contributed by atoms with Gasteiger partial charge < -0.3 is 26.0 Å². The van der Waals surface area contributed by atoms with Crippen LogP contribution < -0.4 is 15.8 Å². The molecule has 30 heavy (non-hydrogen) atoms. The predicted molar refractivity (Wildman–Crippen MR) is 110 cm³/mol. The first-order valence-corrected chi connectivity index (χ1v) is 9.81. The molecule has 0 saturated carbocycles. The van der Waals surface area contributed by atoms with Crippen LogP contribution >= 0.6 is 0 Å². The molecule has 4 rings (SSSR count). The van der Waals surface area contributed by atoms with Crippen LogP contribution in [0, 0.1) is 5.82 Å². The van der Waals surface area contributed by atoms with Crippen LogP contribution in [0.25, 0.3) is 11.1 Å². The van der Waals surface area contributed by atoms with Crippen molar-refractivity contribution in [3.63, 3.8) is 0 Å². The average molecular weight is 413 g/mol. The van der Waals surface area contributed by atoms with Crippen molar-refractivity contribution in [2.24, 2.45) is 0 Å². The number of nitrogens with zero attached hydrogens (tertiary/aromatic N) is 3. The van der Waals surface area contributed by atoms with Crippen LogP contribution in [-0.4, -0.2) is 38.1 Å². The van der Waals surface area contributed by atoms with E-state index < -0.39 is 17.7 Å². The highest BCUT2D eigenvalue weighted by molar-refractivity contribution is 5.66. The quantitative estimate of drug-likeness (QED) is 0.507. The zero-order valence-electron chi connectivity index (χ0n) is 16.5. The maximum Gasteiger partial charge on any atom is 0.166 e. The number of rotatable bonds is 5. The van der Waals surface area contributed by atoms with E-state index in [0.717, 1.165) is 49.2 Å². The zero-order chi connectivity index (χ0) is 21.3. The number of benzene rings is 1. The number of hydrogen-bond acceptors (Lipinski definition) is 7. The average Bonchev–Trinajstić information content (AvgIpc) is 3.24. The van der Waals surface area contributed by atoms with Gasteiger partial charge in [0.15, 0.2) is 23.1 Å². The Bertz CT molecular complexity index is 1050. The molecule has 0 radical (unpaired) electrons. The summed E-state index contributed by atoms with van der Waals surface area (Å²) in [5.41, 5.74) is 7.54. The molecule has 0 spiro atoms. The Morgan fingerprint density at radius 3 is 2.77 bits per heavy atom. The van der Waals surface area contributed by atoms with Crippen LogP contribution in [0.5, 0.6) is 17.2 Å². The second kappa shape index (κ2) is 8.19. The Morgan fingerprint density at radius 2 is 2.00 bits per heavy atom. The molecule has 1 aliphatic heterocycles. The van der Waals surface area contributed by atoms with Gasteiger partial charge in [-0.3, -0.25) is 4.68 Å². The predicted octanol–water partition coefficient (Wildman–Crippen LogP) is 3.14. The molecule has 2 aromatic heterocycles. The highest BCUT2D eigenvalue weighted by Crippen LogP contribution is 2.38. The third-order valence-electron chi connectivity index (χ3n) is 5.35. The highest BCUT2D eigenvalue weighted by atomic mass is 19.1. The second-order valence-electron chi connectivity index (χ2n) is 7.39. The van der Waals surface area contributed by atoms with Crippen molar-refractivity contribution >= 4 is 5.82 Å². The van der Waals surface area contributed by atoms with Gasteiger partial charge >= 0.3 is 0 Å². The lowest BCUT2D eigenvalue weighted by atomic mass is 10.1. The highest BCUT2D eigenvalue weighted by Gasteiger charge is 2.22. The number of nitrogen functional groups attached to an aromatic ring is 1. The van der Waals surface area contributed by atoms with Crippen molar-refractivity contribution in [3.05, 3.63) is 48.2 Å². The molecule has 0 bridgehead atoms. The van der Waals surface area contributed by atoms with Crippen LogP contribution in [0.3, 0.4) is 0 Å². The third-order valence-corrected chi connectivity index (χ3v) is 5.35. The lowest BCUT2D eigenvalue weighted by molar-refractivity contribution is 0.216. The number of nitrogens with one attached hydrogen (secondary N) is 1. The summed E-state index contributed by atoms with van der Waals surface area (Å²) in [5.74, 6) is -1.37. The fourth-order valence-corrected chi connectivity index (χ4v) is 3.69. The van der Waals surface area contributed by atoms with Gasteiger partial charge in [0.2, 0.25) is 0 Å². The van der Waals surface area contributed by atoms with Gasteiger partial charge in [0, 0.05) is 23.5 Å². The molecular weight excluding hydrogens is 389 g/mol. The van der Waals surface area contributed by atoms with Gasteiger partial charge in [-0.2, -0.15) is 5.10 Å². The van der Waals surface area contributed by atoms with Gasteiger partial charge in [-0.1, -0.05) is 0 Å². The lowest BCUT2D eigenvalue weighted by Gasteiger charge is -2.22. The third kappa shape index (κ3) is 3.88. The summed E-state index contributed by atoms with van der Waals surface area (Å²) >= 11 is 0.